The maximum absolute atomic E-state index is 9.58. The van der Waals surface area contributed by atoms with Gasteiger partial charge in [-0.2, -0.15) is 0 Å². The number of aromatic hydroxyl groups is 1. The van der Waals surface area contributed by atoms with Gasteiger partial charge in [0.25, 0.3) is 0 Å². The average molecular weight is 230 g/mol. The minimum Gasteiger partial charge on any atom is -0.508 e. The number of benzene rings is 1. The zero-order valence-electron chi connectivity index (χ0n) is 8.96. The molecule has 3 nitrogen and oxygen atoms in total. The van der Waals surface area contributed by atoms with Crippen molar-refractivity contribution in [3.63, 3.8) is 0 Å². The van der Waals surface area contributed by atoms with Gasteiger partial charge in [0.1, 0.15) is 5.75 Å². The van der Waals surface area contributed by atoms with Crippen molar-refractivity contribution in [3.05, 3.63) is 28.8 Å². The van der Waals surface area contributed by atoms with Gasteiger partial charge in [-0.3, -0.25) is 0 Å². The number of nitrogens with one attached hydrogen (secondary N) is 1. The van der Waals surface area contributed by atoms with Crippen molar-refractivity contribution >= 4 is 11.6 Å². The van der Waals surface area contributed by atoms with Crippen LogP contribution in [-0.2, 0) is 11.3 Å². The standard InChI is InChI=1S/C11H16ClNO2/c1-8(7-15-2)13-6-9-10(12)4-3-5-11(9)14/h3-5,8,13-14H,6-7H2,1-2H3/t8-/m0/s1. The highest BCUT2D eigenvalue weighted by atomic mass is 35.5. The second-order valence-electron chi connectivity index (χ2n) is 3.47. The highest BCUT2D eigenvalue weighted by Crippen LogP contribution is 2.24. The summed E-state index contributed by atoms with van der Waals surface area (Å²) in [5, 5.41) is 13.4. The number of methoxy groups -OCH3 is 1. The lowest BCUT2D eigenvalue weighted by Crippen LogP contribution is -2.29. The fourth-order valence-electron chi connectivity index (χ4n) is 1.31. The quantitative estimate of drug-likeness (QED) is 0.813. The van der Waals surface area contributed by atoms with Crippen LogP contribution in [0.4, 0.5) is 0 Å². The van der Waals surface area contributed by atoms with Gasteiger partial charge in [-0.05, 0) is 19.1 Å². The Hall–Kier alpha value is -0.770. The van der Waals surface area contributed by atoms with E-state index in [0.29, 0.717) is 18.2 Å². The first-order valence-electron chi connectivity index (χ1n) is 4.83. The Morgan fingerprint density at radius 1 is 1.53 bits per heavy atom. The summed E-state index contributed by atoms with van der Waals surface area (Å²) in [4.78, 5) is 0. The highest BCUT2D eigenvalue weighted by Gasteiger charge is 2.07. The molecule has 0 aliphatic heterocycles. The van der Waals surface area contributed by atoms with Crippen molar-refractivity contribution < 1.29 is 9.84 Å². The number of halogens is 1. The van der Waals surface area contributed by atoms with Gasteiger partial charge in [-0.25, -0.2) is 0 Å². The molecule has 0 radical (unpaired) electrons. The number of rotatable bonds is 5. The average Bonchev–Trinajstić information content (AvgIpc) is 2.17. The molecule has 84 valence electrons. The van der Waals surface area contributed by atoms with E-state index < -0.39 is 0 Å². The minimum atomic E-state index is 0.222. The van der Waals surface area contributed by atoms with Crippen molar-refractivity contribution in [2.45, 2.75) is 19.5 Å². The fourth-order valence-corrected chi connectivity index (χ4v) is 1.54. The third-order valence-corrected chi connectivity index (χ3v) is 2.49. The summed E-state index contributed by atoms with van der Waals surface area (Å²) < 4.78 is 4.99. The predicted octanol–water partition coefficient (Wildman–Crippen LogP) is 2.17. The number of ether oxygens (including phenoxy) is 1. The Morgan fingerprint density at radius 3 is 2.87 bits per heavy atom. The third kappa shape index (κ3) is 3.70. The lowest BCUT2D eigenvalue weighted by atomic mass is 10.2. The first-order valence-corrected chi connectivity index (χ1v) is 5.21. The van der Waals surface area contributed by atoms with Crippen LogP contribution < -0.4 is 5.32 Å². The molecule has 1 aromatic rings. The molecule has 0 amide bonds. The molecule has 1 rings (SSSR count). The molecule has 15 heavy (non-hydrogen) atoms. The van der Waals surface area contributed by atoms with Crippen LogP contribution in [0.5, 0.6) is 5.75 Å². The summed E-state index contributed by atoms with van der Waals surface area (Å²) in [6.45, 7) is 3.18. The van der Waals surface area contributed by atoms with Gasteiger partial charge in [-0.1, -0.05) is 17.7 Å². The Balaban J connectivity index is 2.57. The smallest absolute Gasteiger partial charge is 0.121 e. The van der Waals surface area contributed by atoms with E-state index in [1.54, 1.807) is 25.3 Å². The van der Waals surface area contributed by atoms with Gasteiger partial charge in [0.2, 0.25) is 0 Å². The predicted molar refractivity (Wildman–Crippen MR) is 61.3 cm³/mol. The van der Waals surface area contributed by atoms with E-state index in [0.717, 1.165) is 5.56 Å². The zero-order valence-corrected chi connectivity index (χ0v) is 9.71. The molecule has 4 heteroatoms. The van der Waals surface area contributed by atoms with Gasteiger partial charge in [0.05, 0.1) is 6.61 Å². The molecule has 0 heterocycles. The van der Waals surface area contributed by atoms with E-state index in [1.807, 2.05) is 6.92 Å². The van der Waals surface area contributed by atoms with Crippen molar-refractivity contribution in [1.82, 2.24) is 5.32 Å². The summed E-state index contributed by atoms with van der Waals surface area (Å²) in [6.07, 6.45) is 0. The molecule has 0 aromatic heterocycles. The van der Waals surface area contributed by atoms with E-state index >= 15 is 0 Å². The fraction of sp³-hybridized carbons (Fsp3) is 0.455. The molecule has 1 atom stereocenters. The Bertz CT molecular complexity index is 297. The molecule has 0 saturated heterocycles. The van der Waals surface area contributed by atoms with Crippen LogP contribution in [-0.4, -0.2) is 24.9 Å². The van der Waals surface area contributed by atoms with Gasteiger partial charge in [-0.15, -0.1) is 0 Å². The summed E-state index contributed by atoms with van der Waals surface area (Å²) in [5.74, 6) is 0.222. The molecule has 0 aliphatic rings. The summed E-state index contributed by atoms with van der Waals surface area (Å²) in [6, 6.07) is 5.34. The SMILES string of the molecule is COC[C@H](C)NCc1c(O)cccc1Cl. The van der Waals surface area contributed by atoms with Gasteiger partial charge in [0, 0.05) is 30.3 Å². The van der Waals surface area contributed by atoms with E-state index in [4.69, 9.17) is 16.3 Å². The second kappa shape index (κ2) is 5.95. The molecule has 0 fully saturated rings. The maximum Gasteiger partial charge on any atom is 0.121 e. The molecular weight excluding hydrogens is 214 g/mol. The number of hydrogen-bond donors (Lipinski definition) is 2. The van der Waals surface area contributed by atoms with Crippen LogP contribution in [0, 0.1) is 0 Å². The topological polar surface area (TPSA) is 41.5 Å². The van der Waals surface area contributed by atoms with Crippen molar-refractivity contribution in [2.24, 2.45) is 0 Å². The van der Waals surface area contributed by atoms with E-state index in [2.05, 4.69) is 5.32 Å². The molecular formula is C11H16ClNO2. The van der Waals surface area contributed by atoms with Crippen LogP contribution in [0.2, 0.25) is 5.02 Å². The van der Waals surface area contributed by atoms with Gasteiger partial charge in [0.15, 0.2) is 0 Å². The molecule has 0 aliphatic carbocycles. The van der Waals surface area contributed by atoms with E-state index in [-0.39, 0.29) is 11.8 Å². The van der Waals surface area contributed by atoms with Gasteiger partial charge < -0.3 is 15.2 Å². The number of hydrogen-bond acceptors (Lipinski definition) is 3. The Kier molecular flexibility index (Phi) is 4.88. The lowest BCUT2D eigenvalue weighted by molar-refractivity contribution is 0.171. The Morgan fingerprint density at radius 2 is 2.27 bits per heavy atom. The monoisotopic (exact) mass is 229 g/mol. The van der Waals surface area contributed by atoms with Crippen molar-refractivity contribution in [3.8, 4) is 5.75 Å². The van der Waals surface area contributed by atoms with Crippen LogP contribution >= 0.6 is 11.6 Å². The zero-order chi connectivity index (χ0) is 11.3. The van der Waals surface area contributed by atoms with E-state index in [9.17, 15) is 5.11 Å². The molecule has 0 bridgehead atoms. The first-order chi connectivity index (χ1) is 7.15. The number of phenols is 1. The third-order valence-electron chi connectivity index (χ3n) is 2.14. The second-order valence-corrected chi connectivity index (χ2v) is 3.88. The molecule has 2 N–H and O–H groups in total. The van der Waals surface area contributed by atoms with E-state index in [1.165, 1.54) is 0 Å². The molecule has 0 spiro atoms. The normalized spacial score (nSPS) is 12.7. The largest absolute Gasteiger partial charge is 0.508 e. The van der Waals surface area contributed by atoms with Crippen LogP contribution in [0.25, 0.3) is 0 Å². The van der Waals surface area contributed by atoms with Crippen LogP contribution in [0.15, 0.2) is 18.2 Å². The molecule has 1 aromatic carbocycles. The van der Waals surface area contributed by atoms with Crippen molar-refractivity contribution in [1.29, 1.82) is 0 Å². The molecule has 0 saturated carbocycles. The summed E-state index contributed by atoms with van der Waals surface area (Å²) in [5.41, 5.74) is 0.724. The van der Waals surface area contributed by atoms with Crippen LogP contribution in [0.1, 0.15) is 12.5 Å². The number of phenolic OH excluding ortho intramolecular Hbond substituents is 1. The lowest BCUT2D eigenvalue weighted by Gasteiger charge is -2.14. The summed E-state index contributed by atoms with van der Waals surface area (Å²) >= 11 is 5.96. The minimum absolute atomic E-state index is 0.222. The maximum atomic E-state index is 9.58. The summed E-state index contributed by atoms with van der Waals surface area (Å²) in [7, 11) is 1.66. The Labute approximate surface area is 95.0 Å². The first kappa shape index (κ1) is 12.3. The van der Waals surface area contributed by atoms with Crippen LogP contribution in [0.3, 0.4) is 0 Å². The molecule has 0 unspecified atom stereocenters. The van der Waals surface area contributed by atoms with Crippen molar-refractivity contribution in [2.75, 3.05) is 13.7 Å². The van der Waals surface area contributed by atoms with Gasteiger partial charge >= 0.3 is 0 Å². The highest BCUT2D eigenvalue weighted by molar-refractivity contribution is 6.31.